The molecule has 1 aromatic carbocycles. The van der Waals surface area contributed by atoms with Crippen molar-refractivity contribution in [1.82, 2.24) is 4.90 Å². The summed E-state index contributed by atoms with van der Waals surface area (Å²) < 4.78 is 5.67. The van der Waals surface area contributed by atoms with Crippen molar-refractivity contribution in [2.75, 3.05) is 26.0 Å². The van der Waals surface area contributed by atoms with Crippen LogP contribution in [-0.2, 0) is 9.53 Å². The van der Waals surface area contributed by atoms with Crippen LogP contribution in [0.15, 0.2) is 18.2 Å². The fourth-order valence-electron chi connectivity index (χ4n) is 3.23. The van der Waals surface area contributed by atoms with Crippen LogP contribution in [0.2, 0.25) is 0 Å². The van der Waals surface area contributed by atoms with Crippen LogP contribution in [0.25, 0.3) is 0 Å². The summed E-state index contributed by atoms with van der Waals surface area (Å²) in [4.78, 5) is 26.6. The highest BCUT2D eigenvalue weighted by atomic mass is 35.5. The number of nitrogens with zero attached hydrogens (tertiary/aromatic N) is 1. The molecule has 1 saturated carbocycles. The molecule has 0 spiro atoms. The van der Waals surface area contributed by atoms with Crippen LogP contribution in [0.5, 0.6) is 0 Å². The van der Waals surface area contributed by atoms with Gasteiger partial charge in [0, 0.05) is 43.8 Å². The van der Waals surface area contributed by atoms with Crippen molar-refractivity contribution in [3.05, 3.63) is 29.3 Å². The second kappa shape index (κ2) is 7.94. The average molecular weight is 384 g/mol. The molecule has 146 valence electrons. The first kappa shape index (κ1) is 22.4. The molecule has 0 heterocycles. The molecule has 26 heavy (non-hydrogen) atoms. The van der Waals surface area contributed by atoms with Gasteiger partial charge in [0.2, 0.25) is 5.91 Å². The van der Waals surface area contributed by atoms with Crippen LogP contribution in [0.1, 0.15) is 43.1 Å². The molecular weight excluding hydrogens is 354 g/mol. The van der Waals surface area contributed by atoms with Crippen molar-refractivity contribution >= 4 is 29.9 Å². The molecule has 2 amide bonds. The van der Waals surface area contributed by atoms with Crippen molar-refractivity contribution in [2.45, 2.75) is 45.8 Å². The summed E-state index contributed by atoms with van der Waals surface area (Å²) in [6, 6.07) is 5.31. The van der Waals surface area contributed by atoms with Crippen molar-refractivity contribution < 1.29 is 14.3 Å². The van der Waals surface area contributed by atoms with Gasteiger partial charge in [-0.15, -0.1) is 12.4 Å². The fraction of sp³-hybridized carbons (Fsp3) is 0.579. The molecule has 3 N–H and O–H groups in total. The summed E-state index contributed by atoms with van der Waals surface area (Å²) in [5.41, 5.74) is 6.94. The van der Waals surface area contributed by atoms with Gasteiger partial charge in [0.25, 0.3) is 5.91 Å². The Labute approximate surface area is 161 Å². The fourth-order valence-corrected chi connectivity index (χ4v) is 3.23. The molecule has 0 radical (unpaired) electrons. The molecule has 0 bridgehead atoms. The quantitative estimate of drug-likeness (QED) is 0.818. The number of benzene rings is 1. The largest absolute Gasteiger partial charge is 0.378 e. The smallest absolute Gasteiger partial charge is 0.253 e. The maximum absolute atomic E-state index is 12.8. The van der Waals surface area contributed by atoms with Crippen LogP contribution in [0, 0.1) is 12.3 Å². The third kappa shape index (κ3) is 3.72. The molecule has 7 heteroatoms. The normalized spacial score (nSPS) is 23.4. The lowest BCUT2D eigenvalue weighted by atomic mass is 9.54. The zero-order valence-electron chi connectivity index (χ0n) is 16.4. The highest BCUT2D eigenvalue weighted by Crippen LogP contribution is 2.50. The molecule has 2 atom stereocenters. The van der Waals surface area contributed by atoms with Gasteiger partial charge in [-0.3, -0.25) is 9.59 Å². The molecule has 6 nitrogen and oxygen atoms in total. The molecule has 1 aliphatic carbocycles. The molecule has 1 aliphatic rings. The highest BCUT2D eigenvalue weighted by Gasteiger charge is 2.62. The van der Waals surface area contributed by atoms with E-state index in [1.165, 1.54) is 4.90 Å². The van der Waals surface area contributed by atoms with E-state index in [-0.39, 0.29) is 30.3 Å². The number of carbonyl (C=O) groups is 2. The minimum absolute atomic E-state index is 0. The van der Waals surface area contributed by atoms with Gasteiger partial charge in [0.05, 0.1) is 6.10 Å². The lowest BCUT2D eigenvalue weighted by Crippen LogP contribution is -2.74. The minimum Gasteiger partial charge on any atom is -0.378 e. The molecule has 0 aliphatic heterocycles. The minimum atomic E-state index is -0.997. The van der Waals surface area contributed by atoms with Gasteiger partial charge >= 0.3 is 0 Å². The zero-order chi connectivity index (χ0) is 19.0. The van der Waals surface area contributed by atoms with Crippen molar-refractivity contribution in [3.63, 3.8) is 0 Å². The summed E-state index contributed by atoms with van der Waals surface area (Å²) in [7, 11) is 3.40. The number of hydrogen-bond acceptors (Lipinski definition) is 4. The van der Waals surface area contributed by atoms with E-state index in [1.54, 1.807) is 26.2 Å². The number of anilines is 1. The first-order chi connectivity index (χ1) is 11.5. The lowest BCUT2D eigenvalue weighted by molar-refractivity contribution is -0.166. The summed E-state index contributed by atoms with van der Waals surface area (Å²) >= 11 is 0. The van der Waals surface area contributed by atoms with E-state index < -0.39 is 11.0 Å². The number of carbonyl (C=O) groups excluding carboxylic acids is 2. The third-order valence-corrected chi connectivity index (χ3v) is 5.37. The molecular formula is C19H30ClN3O3. The summed E-state index contributed by atoms with van der Waals surface area (Å²) in [6.07, 6.45) is 0.451. The number of rotatable bonds is 5. The van der Waals surface area contributed by atoms with E-state index in [4.69, 9.17) is 10.5 Å². The zero-order valence-corrected chi connectivity index (χ0v) is 17.2. The van der Waals surface area contributed by atoms with Crippen molar-refractivity contribution in [3.8, 4) is 0 Å². The number of ether oxygens (including phenoxy) is 1. The summed E-state index contributed by atoms with van der Waals surface area (Å²) in [5, 5.41) is 2.87. The van der Waals surface area contributed by atoms with Crippen LogP contribution < -0.4 is 11.1 Å². The standard InChI is InChI=1S/C19H29N3O3.ClH/c1-7-25-15-11-19(20,18(15,3)4)17(24)21-13-9-8-12(2)14(10-13)16(23)22(5)6;/h8-10,15H,7,11,20H2,1-6H3,(H,21,24);1H. The van der Waals surface area contributed by atoms with Crippen LogP contribution >= 0.6 is 12.4 Å². The van der Waals surface area contributed by atoms with Crippen LogP contribution in [0.4, 0.5) is 5.69 Å². The van der Waals surface area contributed by atoms with Crippen molar-refractivity contribution in [2.24, 2.45) is 11.1 Å². The molecule has 0 aromatic heterocycles. The van der Waals surface area contributed by atoms with Gasteiger partial charge in [-0.1, -0.05) is 19.9 Å². The first-order valence-electron chi connectivity index (χ1n) is 8.58. The maximum atomic E-state index is 12.8. The molecule has 0 saturated heterocycles. The van der Waals surface area contributed by atoms with Gasteiger partial charge < -0.3 is 20.7 Å². The van der Waals surface area contributed by atoms with Crippen LogP contribution in [-0.4, -0.2) is 49.1 Å². The topological polar surface area (TPSA) is 84.7 Å². The Balaban J connectivity index is 0.00000338. The Bertz CT molecular complexity index is 691. The number of aryl methyl sites for hydroxylation is 1. The van der Waals surface area contributed by atoms with E-state index in [0.717, 1.165) is 5.56 Å². The number of hydrogen-bond donors (Lipinski definition) is 2. The highest BCUT2D eigenvalue weighted by molar-refractivity contribution is 6.02. The Morgan fingerprint density at radius 2 is 1.96 bits per heavy atom. The van der Waals surface area contributed by atoms with Crippen LogP contribution in [0.3, 0.4) is 0 Å². The van der Waals surface area contributed by atoms with E-state index >= 15 is 0 Å². The molecule has 1 aromatic rings. The average Bonchev–Trinajstić information content (AvgIpc) is 2.55. The van der Waals surface area contributed by atoms with Gasteiger partial charge in [-0.05, 0) is 31.5 Å². The second-order valence-electron chi connectivity index (χ2n) is 7.52. The maximum Gasteiger partial charge on any atom is 0.253 e. The molecule has 1 fully saturated rings. The van der Waals surface area contributed by atoms with E-state index in [0.29, 0.717) is 24.3 Å². The van der Waals surface area contributed by atoms with E-state index in [2.05, 4.69) is 5.32 Å². The Morgan fingerprint density at radius 3 is 2.46 bits per heavy atom. The first-order valence-corrected chi connectivity index (χ1v) is 8.58. The monoisotopic (exact) mass is 383 g/mol. The predicted octanol–water partition coefficient (Wildman–Crippen LogP) is 2.59. The number of amides is 2. The van der Waals surface area contributed by atoms with Gasteiger partial charge in [-0.25, -0.2) is 0 Å². The summed E-state index contributed by atoms with van der Waals surface area (Å²) in [6.45, 7) is 8.30. The van der Waals surface area contributed by atoms with Crippen molar-refractivity contribution in [1.29, 1.82) is 0 Å². The lowest BCUT2D eigenvalue weighted by Gasteiger charge is -2.57. The Morgan fingerprint density at radius 1 is 1.35 bits per heavy atom. The molecule has 2 rings (SSSR count). The SMILES string of the molecule is CCOC1CC(N)(C(=O)Nc2ccc(C)c(C(=O)N(C)C)c2)C1(C)C.Cl. The number of nitrogens with two attached hydrogens (primary N) is 1. The Hall–Kier alpha value is -1.63. The number of nitrogens with one attached hydrogen (secondary N) is 1. The second-order valence-corrected chi connectivity index (χ2v) is 7.52. The van der Waals surface area contributed by atoms with E-state index in [9.17, 15) is 9.59 Å². The predicted molar refractivity (Wildman–Crippen MR) is 106 cm³/mol. The van der Waals surface area contributed by atoms with E-state index in [1.807, 2.05) is 33.8 Å². The number of halogens is 1. The third-order valence-electron chi connectivity index (χ3n) is 5.37. The summed E-state index contributed by atoms with van der Waals surface area (Å²) in [5.74, 6) is -0.350. The molecule has 2 unspecified atom stereocenters. The van der Waals surface area contributed by atoms with Gasteiger partial charge in [0.1, 0.15) is 5.54 Å². The van der Waals surface area contributed by atoms with Gasteiger partial charge in [0.15, 0.2) is 0 Å². The Kier molecular flexibility index (Phi) is 6.85. The van der Waals surface area contributed by atoms with Gasteiger partial charge in [-0.2, -0.15) is 0 Å².